The number of methoxy groups -OCH3 is 2. The predicted octanol–water partition coefficient (Wildman–Crippen LogP) is 2.98. The van der Waals surface area contributed by atoms with E-state index in [0.717, 1.165) is 16.7 Å². The molecule has 5 nitrogen and oxygen atoms in total. The maximum absolute atomic E-state index is 12.5. The Hall–Kier alpha value is -1.89. The van der Waals surface area contributed by atoms with E-state index in [9.17, 15) is 8.42 Å². The van der Waals surface area contributed by atoms with Crippen molar-refractivity contribution in [3.05, 3.63) is 59.2 Å². The second-order valence-corrected chi connectivity index (χ2v) is 7.37. The quantitative estimate of drug-likeness (QED) is 0.835. The number of benzene rings is 2. The smallest absolute Gasteiger partial charge is 0.240 e. The minimum atomic E-state index is -3.59. The van der Waals surface area contributed by atoms with E-state index < -0.39 is 16.1 Å². The zero-order chi connectivity index (χ0) is 17.7. The van der Waals surface area contributed by atoms with E-state index in [1.807, 2.05) is 38.1 Å². The zero-order valence-corrected chi connectivity index (χ0v) is 15.2. The van der Waals surface area contributed by atoms with Crippen molar-refractivity contribution in [2.75, 3.05) is 20.8 Å². The first-order valence-corrected chi connectivity index (χ1v) is 9.09. The third-order valence-electron chi connectivity index (χ3n) is 4.00. The molecule has 2 rings (SSSR count). The van der Waals surface area contributed by atoms with E-state index in [0.29, 0.717) is 5.75 Å². The Kier molecular flexibility index (Phi) is 5.99. The monoisotopic (exact) mass is 349 g/mol. The van der Waals surface area contributed by atoms with Crippen molar-refractivity contribution in [2.45, 2.75) is 24.8 Å². The fourth-order valence-electron chi connectivity index (χ4n) is 2.33. The molecule has 0 saturated carbocycles. The summed E-state index contributed by atoms with van der Waals surface area (Å²) < 4.78 is 38.2. The van der Waals surface area contributed by atoms with Gasteiger partial charge in [0.1, 0.15) is 5.75 Å². The summed E-state index contributed by atoms with van der Waals surface area (Å²) >= 11 is 0. The molecule has 0 aromatic heterocycles. The number of nitrogens with one attached hydrogen (secondary N) is 1. The molecule has 2 aromatic carbocycles. The van der Waals surface area contributed by atoms with Crippen LogP contribution in [0.1, 0.15) is 22.8 Å². The lowest BCUT2D eigenvalue weighted by Gasteiger charge is -2.17. The van der Waals surface area contributed by atoms with Crippen LogP contribution in [0.15, 0.2) is 47.4 Å². The molecule has 0 amide bonds. The van der Waals surface area contributed by atoms with Gasteiger partial charge in [0.05, 0.1) is 18.1 Å². The van der Waals surface area contributed by atoms with Crippen LogP contribution in [-0.4, -0.2) is 29.2 Å². The van der Waals surface area contributed by atoms with E-state index in [1.165, 1.54) is 0 Å². The van der Waals surface area contributed by atoms with Crippen LogP contribution in [0.5, 0.6) is 5.75 Å². The summed E-state index contributed by atoms with van der Waals surface area (Å²) in [5, 5.41) is 0. The average molecular weight is 349 g/mol. The van der Waals surface area contributed by atoms with Crippen LogP contribution in [0.25, 0.3) is 0 Å². The maximum Gasteiger partial charge on any atom is 0.240 e. The van der Waals surface area contributed by atoms with Crippen molar-refractivity contribution in [1.82, 2.24) is 4.72 Å². The molecule has 6 heteroatoms. The van der Waals surface area contributed by atoms with E-state index >= 15 is 0 Å². The lowest BCUT2D eigenvalue weighted by Crippen LogP contribution is -2.29. The van der Waals surface area contributed by atoms with Gasteiger partial charge < -0.3 is 9.47 Å². The predicted molar refractivity (Wildman–Crippen MR) is 93.8 cm³/mol. The molecule has 1 N–H and O–H groups in total. The minimum Gasteiger partial charge on any atom is -0.497 e. The fourth-order valence-corrected chi connectivity index (χ4v) is 3.45. The van der Waals surface area contributed by atoms with Crippen molar-refractivity contribution >= 4 is 10.0 Å². The second kappa shape index (κ2) is 7.79. The molecular weight excluding hydrogens is 326 g/mol. The van der Waals surface area contributed by atoms with Crippen molar-refractivity contribution in [1.29, 1.82) is 0 Å². The molecule has 2 aromatic rings. The average Bonchev–Trinajstić information content (AvgIpc) is 2.58. The number of hydrogen-bond donors (Lipinski definition) is 1. The number of hydrogen-bond acceptors (Lipinski definition) is 4. The summed E-state index contributed by atoms with van der Waals surface area (Å²) in [7, 11) is -0.453. The van der Waals surface area contributed by atoms with Crippen LogP contribution in [0.2, 0.25) is 0 Å². The number of ether oxygens (including phenoxy) is 2. The first-order valence-electron chi connectivity index (χ1n) is 7.61. The largest absolute Gasteiger partial charge is 0.497 e. The van der Waals surface area contributed by atoms with Crippen molar-refractivity contribution < 1.29 is 17.9 Å². The topological polar surface area (TPSA) is 64.6 Å². The molecule has 0 aliphatic carbocycles. The summed E-state index contributed by atoms with van der Waals surface area (Å²) in [5.74, 6) is 0.701. The molecule has 0 radical (unpaired) electrons. The van der Waals surface area contributed by atoms with E-state index in [-0.39, 0.29) is 11.4 Å². The first-order chi connectivity index (χ1) is 11.4. The van der Waals surface area contributed by atoms with Gasteiger partial charge >= 0.3 is 0 Å². The van der Waals surface area contributed by atoms with Gasteiger partial charge in [-0.15, -0.1) is 0 Å². The molecule has 130 valence electrons. The Bertz CT molecular complexity index is 802. The van der Waals surface area contributed by atoms with E-state index in [4.69, 9.17) is 9.47 Å². The van der Waals surface area contributed by atoms with Crippen LogP contribution in [-0.2, 0) is 14.8 Å². The Morgan fingerprint density at radius 3 is 2.42 bits per heavy atom. The summed E-state index contributed by atoms with van der Waals surface area (Å²) in [6.07, 6.45) is -0.401. The molecule has 0 aliphatic heterocycles. The summed E-state index contributed by atoms with van der Waals surface area (Å²) in [5.41, 5.74) is 2.84. The van der Waals surface area contributed by atoms with Gasteiger partial charge in [-0.3, -0.25) is 0 Å². The summed E-state index contributed by atoms with van der Waals surface area (Å²) in [6, 6.07) is 12.5. The van der Waals surface area contributed by atoms with Crippen LogP contribution in [0.4, 0.5) is 0 Å². The molecular formula is C18H23NO4S. The molecule has 1 unspecified atom stereocenters. The molecule has 24 heavy (non-hydrogen) atoms. The van der Waals surface area contributed by atoms with Gasteiger partial charge in [0.15, 0.2) is 0 Å². The van der Waals surface area contributed by atoms with E-state index in [1.54, 1.807) is 32.4 Å². The summed E-state index contributed by atoms with van der Waals surface area (Å²) in [4.78, 5) is 0.256. The van der Waals surface area contributed by atoms with Gasteiger partial charge in [-0.05, 0) is 54.8 Å². The lowest BCUT2D eigenvalue weighted by molar-refractivity contribution is 0.107. The van der Waals surface area contributed by atoms with Crippen LogP contribution in [0.3, 0.4) is 0 Å². The molecule has 0 fully saturated rings. The Labute approximate surface area is 143 Å². The number of rotatable bonds is 7. The molecule has 0 saturated heterocycles. The van der Waals surface area contributed by atoms with Gasteiger partial charge in [-0.2, -0.15) is 0 Å². The number of aryl methyl sites for hydroxylation is 2. The van der Waals surface area contributed by atoms with Gasteiger partial charge in [0.25, 0.3) is 0 Å². The van der Waals surface area contributed by atoms with Crippen molar-refractivity contribution in [3.63, 3.8) is 0 Å². The van der Waals surface area contributed by atoms with Gasteiger partial charge in [-0.1, -0.05) is 18.2 Å². The first kappa shape index (κ1) is 18.4. The SMILES string of the molecule is COc1cccc(C(CNS(=O)(=O)c2ccc(C)c(C)c2)OC)c1. The van der Waals surface area contributed by atoms with Gasteiger partial charge in [0, 0.05) is 13.7 Å². The van der Waals surface area contributed by atoms with Crippen molar-refractivity contribution in [3.8, 4) is 5.75 Å². The fraction of sp³-hybridized carbons (Fsp3) is 0.333. The number of sulfonamides is 1. The third kappa shape index (κ3) is 4.35. The Morgan fingerprint density at radius 1 is 1.04 bits per heavy atom. The second-order valence-electron chi connectivity index (χ2n) is 5.60. The Balaban J connectivity index is 2.15. The normalized spacial score (nSPS) is 12.8. The molecule has 0 aliphatic rings. The van der Waals surface area contributed by atoms with Crippen LogP contribution >= 0.6 is 0 Å². The molecule has 0 heterocycles. The summed E-state index contributed by atoms with van der Waals surface area (Å²) in [6.45, 7) is 3.98. The van der Waals surface area contributed by atoms with Gasteiger partial charge in [-0.25, -0.2) is 13.1 Å². The zero-order valence-electron chi connectivity index (χ0n) is 14.4. The van der Waals surface area contributed by atoms with Gasteiger partial charge in [0.2, 0.25) is 10.0 Å². The molecule has 0 bridgehead atoms. The molecule has 0 spiro atoms. The highest BCUT2D eigenvalue weighted by Gasteiger charge is 2.18. The highest BCUT2D eigenvalue weighted by Crippen LogP contribution is 2.22. The van der Waals surface area contributed by atoms with E-state index in [2.05, 4.69) is 4.72 Å². The highest BCUT2D eigenvalue weighted by molar-refractivity contribution is 7.89. The lowest BCUT2D eigenvalue weighted by atomic mass is 10.1. The Morgan fingerprint density at radius 2 is 1.79 bits per heavy atom. The standard InChI is InChI=1S/C18H23NO4S/c1-13-8-9-17(10-14(13)2)24(20,21)19-12-18(23-4)15-6-5-7-16(11-15)22-3/h5-11,18-19H,12H2,1-4H3. The van der Waals surface area contributed by atoms with Crippen LogP contribution < -0.4 is 9.46 Å². The third-order valence-corrected chi connectivity index (χ3v) is 5.42. The van der Waals surface area contributed by atoms with Crippen LogP contribution in [0, 0.1) is 13.8 Å². The maximum atomic E-state index is 12.5. The molecule has 1 atom stereocenters. The van der Waals surface area contributed by atoms with Crippen molar-refractivity contribution in [2.24, 2.45) is 0 Å². The minimum absolute atomic E-state index is 0.138. The highest BCUT2D eigenvalue weighted by atomic mass is 32.2.